The van der Waals surface area contributed by atoms with Crippen molar-refractivity contribution in [2.45, 2.75) is 13.3 Å². The van der Waals surface area contributed by atoms with Crippen LogP contribution in [0.5, 0.6) is 0 Å². The lowest BCUT2D eigenvalue weighted by molar-refractivity contribution is 0.593. The van der Waals surface area contributed by atoms with Crippen LogP contribution >= 0.6 is 0 Å². The molecule has 0 radical (unpaired) electrons. The van der Waals surface area contributed by atoms with Gasteiger partial charge in [-0.2, -0.15) is 0 Å². The maximum Gasteiger partial charge on any atom is 0.442 e. The minimum atomic E-state index is -1.04. The van der Waals surface area contributed by atoms with Crippen molar-refractivity contribution >= 4 is 13.1 Å². The van der Waals surface area contributed by atoms with E-state index in [1.54, 1.807) is 5.97 Å². The molecule has 0 saturated heterocycles. The number of allylic oxidation sites excluding steroid dienone is 2. The summed E-state index contributed by atoms with van der Waals surface area (Å²) in [6.07, 6.45) is 5.13. The largest absolute Gasteiger partial charge is 0.442 e. The Morgan fingerprint density at radius 1 is 1.83 bits per heavy atom. The molecule has 0 aromatic heterocycles. The molecule has 0 aliphatic carbocycles. The fourth-order valence-electron chi connectivity index (χ4n) is 0.638. The van der Waals surface area contributed by atoms with Crippen LogP contribution in [0.25, 0.3) is 0 Å². The first-order chi connectivity index (χ1) is 5.76. The number of nitrogens with zero attached hydrogens (tertiary/aromatic N) is 2. The first-order valence-electron chi connectivity index (χ1n) is 3.67. The van der Waals surface area contributed by atoms with Crippen LogP contribution in [0, 0.1) is 11.2 Å². The average Bonchev–Trinajstić information content (AvgIpc) is 2.11. The normalized spacial score (nSPS) is 11.2. The average molecular weight is 162 g/mol. The van der Waals surface area contributed by atoms with Crippen LogP contribution in [0.2, 0.25) is 0 Å². The SMILES string of the molecule is C=CC=N/C=C(\CC)B(O)C#N. The Balaban J connectivity index is 4.34. The molecule has 0 atom stereocenters. The van der Waals surface area contributed by atoms with E-state index >= 15 is 0 Å². The lowest BCUT2D eigenvalue weighted by Gasteiger charge is -1.97. The molecule has 0 aromatic rings. The third-order valence-corrected chi connectivity index (χ3v) is 1.31. The highest BCUT2D eigenvalue weighted by atomic mass is 16.2. The van der Waals surface area contributed by atoms with Crippen molar-refractivity contribution in [3.8, 4) is 5.97 Å². The summed E-state index contributed by atoms with van der Waals surface area (Å²) in [4.78, 5) is 3.81. The van der Waals surface area contributed by atoms with Gasteiger partial charge >= 0.3 is 6.92 Å². The molecule has 0 aromatic carbocycles. The van der Waals surface area contributed by atoms with Crippen molar-refractivity contribution in [2.75, 3.05) is 0 Å². The first kappa shape index (κ1) is 10.7. The van der Waals surface area contributed by atoms with Crippen molar-refractivity contribution < 1.29 is 5.02 Å². The van der Waals surface area contributed by atoms with Gasteiger partial charge in [-0.3, -0.25) is 4.99 Å². The van der Waals surface area contributed by atoms with E-state index in [2.05, 4.69) is 11.6 Å². The fourth-order valence-corrected chi connectivity index (χ4v) is 0.638. The summed E-state index contributed by atoms with van der Waals surface area (Å²) in [5, 5.41) is 17.5. The Morgan fingerprint density at radius 3 is 2.92 bits per heavy atom. The second-order valence-corrected chi connectivity index (χ2v) is 2.12. The zero-order valence-corrected chi connectivity index (χ0v) is 7.07. The lowest BCUT2D eigenvalue weighted by Crippen LogP contribution is -2.12. The monoisotopic (exact) mass is 162 g/mol. The van der Waals surface area contributed by atoms with Crippen LogP contribution in [-0.2, 0) is 0 Å². The molecule has 0 bridgehead atoms. The third kappa shape index (κ3) is 3.74. The molecule has 62 valence electrons. The molecule has 3 nitrogen and oxygen atoms in total. The van der Waals surface area contributed by atoms with Gasteiger partial charge in [-0.05, 0) is 11.9 Å². The van der Waals surface area contributed by atoms with E-state index in [0.717, 1.165) is 0 Å². The summed E-state index contributed by atoms with van der Waals surface area (Å²) < 4.78 is 0. The smallest absolute Gasteiger partial charge is 0.435 e. The van der Waals surface area contributed by atoms with E-state index in [9.17, 15) is 0 Å². The Morgan fingerprint density at radius 2 is 2.50 bits per heavy atom. The van der Waals surface area contributed by atoms with Crippen molar-refractivity contribution in [3.63, 3.8) is 0 Å². The summed E-state index contributed by atoms with van der Waals surface area (Å²) in [7, 11) is 0. The van der Waals surface area contributed by atoms with Crippen molar-refractivity contribution in [3.05, 3.63) is 24.3 Å². The quantitative estimate of drug-likeness (QED) is 0.497. The van der Waals surface area contributed by atoms with Crippen LogP contribution < -0.4 is 0 Å². The maximum atomic E-state index is 9.09. The topological polar surface area (TPSA) is 56.4 Å². The molecule has 0 heterocycles. The fraction of sp³-hybridized carbons (Fsp3) is 0.250. The van der Waals surface area contributed by atoms with E-state index in [1.807, 2.05) is 6.92 Å². The predicted octanol–water partition coefficient (Wildman–Crippen LogP) is 1.12. The molecule has 0 spiro atoms. The van der Waals surface area contributed by atoms with Gasteiger partial charge in [0.25, 0.3) is 0 Å². The molecule has 0 fully saturated rings. The standard InChI is InChI=1S/C8H11BN2O/c1-3-5-11-6-8(4-2)9(12)7-10/h3,5-6,12H,1,4H2,2H3/b8-6+,11-5?. The van der Waals surface area contributed by atoms with Gasteiger partial charge < -0.3 is 5.02 Å². The van der Waals surface area contributed by atoms with Gasteiger partial charge in [-0.15, -0.1) is 0 Å². The van der Waals surface area contributed by atoms with Gasteiger partial charge in [0.2, 0.25) is 0 Å². The molecule has 0 unspecified atom stereocenters. The molecule has 1 N–H and O–H groups in total. The van der Waals surface area contributed by atoms with E-state index in [-0.39, 0.29) is 0 Å². The van der Waals surface area contributed by atoms with E-state index in [4.69, 9.17) is 10.3 Å². The van der Waals surface area contributed by atoms with Gasteiger partial charge in [0.1, 0.15) is 0 Å². The van der Waals surface area contributed by atoms with Crippen molar-refractivity contribution in [1.82, 2.24) is 0 Å². The number of hydrogen-bond donors (Lipinski definition) is 1. The summed E-state index contributed by atoms with van der Waals surface area (Å²) >= 11 is 0. The predicted molar refractivity (Wildman–Crippen MR) is 50.6 cm³/mol. The molecule has 4 heteroatoms. The summed E-state index contributed by atoms with van der Waals surface area (Å²) in [6.45, 7) is 4.25. The maximum absolute atomic E-state index is 9.09. The Kier molecular flexibility index (Phi) is 5.67. The molecule has 0 amide bonds. The molecule has 12 heavy (non-hydrogen) atoms. The minimum absolute atomic E-state index is 0.607. The zero-order valence-electron chi connectivity index (χ0n) is 7.07. The van der Waals surface area contributed by atoms with Crippen LogP contribution in [-0.4, -0.2) is 18.2 Å². The lowest BCUT2D eigenvalue weighted by atomic mass is 9.62. The Hall–Kier alpha value is -1.34. The number of nitriles is 1. The molecule has 0 saturated carbocycles. The molecule has 0 aliphatic heterocycles. The number of aliphatic imine (C=N–C) groups is 1. The second kappa shape index (κ2) is 6.38. The van der Waals surface area contributed by atoms with Crippen LogP contribution in [0.3, 0.4) is 0 Å². The molecular weight excluding hydrogens is 151 g/mol. The van der Waals surface area contributed by atoms with E-state index in [1.165, 1.54) is 18.5 Å². The van der Waals surface area contributed by atoms with E-state index in [0.29, 0.717) is 11.9 Å². The highest BCUT2D eigenvalue weighted by Crippen LogP contribution is 2.02. The third-order valence-electron chi connectivity index (χ3n) is 1.31. The zero-order chi connectivity index (χ0) is 9.40. The summed E-state index contributed by atoms with van der Waals surface area (Å²) in [6, 6.07) is 0. The highest BCUT2D eigenvalue weighted by molar-refractivity contribution is 6.66. The van der Waals surface area contributed by atoms with Gasteiger partial charge in [0.05, 0.1) is 0 Å². The molecule has 0 rings (SSSR count). The van der Waals surface area contributed by atoms with E-state index < -0.39 is 6.92 Å². The van der Waals surface area contributed by atoms with Gasteiger partial charge in [0.15, 0.2) is 0 Å². The minimum Gasteiger partial charge on any atom is -0.435 e. The first-order valence-corrected chi connectivity index (χ1v) is 3.67. The van der Waals surface area contributed by atoms with Crippen molar-refractivity contribution in [1.29, 1.82) is 5.26 Å². The number of hydrogen-bond acceptors (Lipinski definition) is 3. The highest BCUT2D eigenvalue weighted by Gasteiger charge is 2.13. The van der Waals surface area contributed by atoms with Gasteiger partial charge in [0, 0.05) is 18.4 Å². The second-order valence-electron chi connectivity index (χ2n) is 2.12. The van der Waals surface area contributed by atoms with Gasteiger partial charge in [-0.1, -0.05) is 19.6 Å². The van der Waals surface area contributed by atoms with Crippen molar-refractivity contribution in [2.24, 2.45) is 4.99 Å². The van der Waals surface area contributed by atoms with Gasteiger partial charge in [-0.25, -0.2) is 5.26 Å². The summed E-state index contributed by atoms with van der Waals surface area (Å²) in [5.41, 5.74) is 0.607. The Labute approximate surface area is 72.9 Å². The molecule has 0 aliphatic rings. The van der Waals surface area contributed by atoms with Crippen LogP contribution in [0.15, 0.2) is 29.3 Å². The Bertz CT molecular complexity index is 240. The van der Waals surface area contributed by atoms with Crippen LogP contribution in [0.4, 0.5) is 0 Å². The number of rotatable bonds is 4. The van der Waals surface area contributed by atoms with Crippen LogP contribution in [0.1, 0.15) is 13.3 Å². The summed E-state index contributed by atoms with van der Waals surface area (Å²) in [5.74, 6) is 1.73. The molecular formula is C8H11BN2O.